The normalized spacial score (nSPS) is 40.8. The maximum absolute atomic E-state index is 11.6. The van der Waals surface area contributed by atoms with E-state index < -0.39 is 24.1 Å². The first-order valence-electron chi connectivity index (χ1n) is 7.13. The van der Waals surface area contributed by atoms with Crippen LogP contribution < -0.4 is 0 Å². The summed E-state index contributed by atoms with van der Waals surface area (Å²) in [5, 5.41) is 0. The lowest BCUT2D eigenvalue weighted by Crippen LogP contribution is -2.46. The average molecular weight is 290 g/mol. The molecule has 0 spiro atoms. The minimum Gasteiger partial charge on any atom is -0.454 e. The molecule has 1 fully saturated rings. The van der Waals surface area contributed by atoms with Crippen molar-refractivity contribution in [3.05, 3.63) is 36.5 Å². The van der Waals surface area contributed by atoms with Gasteiger partial charge in [-0.25, -0.2) is 4.79 Å². The zero-order valence-corrected chi connectivity index (χ0v) is 12.0. The summed E-state index contributed by atoms with van der Waals surface area (Å²) < 4.78 is 16.7. The van der Waals surface area contributed by atoms with Crippen LogP contribution in [0.2, 0.25) is 0 Å². The van der Waals surface area contributed by atoms with Crippen molar-refractivity contribution in [1.29, 1.82) is 0 Å². The molecule has 0 N–H and O–H groups in total. The van der Waals surface area contributed by atoms with E-state index in [-0.39, 0.29) is 24.0 Å². The second-order valence-corrected chi connectivity index (χ2v) is 5.61. The van der Waals surface area contributed by atoms with Crippen LogP contribution >= 0.6 is 0 Å². The van der Waals surface area contributed by atoms with Gasteiger partial charge in [0.2, 0.25) is 0 Å². The van der Waals surface area contributed by atoms with Crippen LogP contribution in [0.15, 0.2) is 36.5 Å². The fourth-order valence-corrected chi connectivity index (χ4v) is 3.26. The minimum atomic E-state index is -0.561. The van der Waals surface area contributed by atoms with E-state index in [1.165, 1.54) is 13.0 Å². The van der Waals surface area contributed by atoms with Gasteiger partial charge in [-0.1, -0.05) is 31.2 Å². The van der Waals surface area contributed by atoms with E-state index in [9.17, 15) is 9.59 Å². The van der Waals surface area contributed by atoms with Gasteiger partial charge < -0.3 is 14.2 Å². The number of hydrogen-bond donors (Lipinski definition) is 0. The summed E-state index contributed by atoms with van der Waals surface area (Å²) in [5.74, 6) is -0.683. The summed E-state index contributed by atoms with van der Waals surface area (Å²) in [6, 6.07) is 0. The number of cyclic esters (lactones) is 1. The lowest BCUT2D eigenvalue weighted by molar-refractivity contribution is -0.168. The van der Waals surface area contributed by atoms with Crippen LogP contribution in [-0.2, 0) is 23.8 Å². The second-order valence-electron chi connectivity index (χ2n) is 5.61. The highest BCUT2D eigenvalue weighted by Crippen LogP contribution is 2.40. The van der Waals surface area contributed by atoms with Crippen LogP contribution in [0.3, 0.4) is 0 Å². The third-order valence-corrected chi connectivity index (χ3v) is 4.21. The molecule has 0 aliphatic carbocycles. The molecule has 5 nitrogen and oxygen atoms in total. The number of fused-ring (bicyclic) bond motifs is 2. The molecule has 0 unspecified atom stereocenters. The van der Waals surface area contributed by atoms with E-state index in [1.54, 1.807) is 6.08 Å². The molecule has 5 heteroatoms. The number of allylic oxidation sites excluding steroid dienone is 2. The highest BCUT2D eigenvalue weighted by atomic mass is 16.6. The molecule has 3 aliphatic heterocycles. The largest absolute Gasteiger partial charge is 0.454 e. The van der Waals surface area contributed by atoms with Crippen molar-refractivity contribution < 1.29 is 23.8 Å². The maximum Gasteiger partial charge on any atom is 0.330 e. The third kappa shape index (κ3) is 2.65. The smallest absolute Gasteiger partial charge is 0.330 e. The van der Waals surface area contributed by atoms with E-state index in [0.29, 0.717) is 0 Å². The van der Waals surface area contributed by atoms with Crippen molar-refractivity contribution in [1.82, 2.24) is 0 Å². The van der Waals surface area contributed by atoms with Crippen molar-refractivity contribution in [2.75, 3.05) is 0 Å². The summed E-state index contributed by atoms with van der Waals surface area (Å²) in [7, 11) is 0. The summed E-state index contributed by atoms with van der Waals surface area (Å²) in [6.45, 7) is 3.41. The van der Waals surface area contributed by atoms with Crippen LogP contribution in [0.1, 0.15) is 13.8 Å². The van der Waals surface area contributed by atoms with Gasteiger partial charge in [0.25, 0.3) is 0 Å². The van der Waals surface area contributed by atoms with E-state index in [0.717, 1.165) is 0 Å². The van der Waals surface area contributed by atoms with Gasteiger partial charge in [0.15, 0.2) is 6.10 Å². The van der Waals surface area contributed by atoms with Gasteiger partial charge in [-0.05, 0) is 12.0 Å². The number of carbonyl (C=O) groups is 2. The molecule has 3 rings (SSSR count). The Kier molecular flexibility index (Phi) is 3.68. The molecule has 0 amide bonds. The van der Waals surface area contributed by atoms with Crippen molar-refractivity contribution in [3.63, 3.8) is 0 Å². The van der Waals surface area contributed by atoms with E-state index in [2.05, 4.69) is 6.92 Å². The highest BCUT2D eigenvalue weighted by Gasteiger charge is 2.49. The van der Waals surface area contributed by atoms with Crippen LogP contribution in [0.25, 0.3) is 0 Å². The Morgan fingerprint density at radius 1 is 1.19 bits per heavy atom. The second kappa shape index (κ2) is 5.48. The first-order valence-corrected chi connectivity index (χ1v) is 7.13. The Bertz CT molecular complexity index is 533. The van der Waals surface area contributed by atoms with Crippen molar-refractivity contribution in [2.45, 2.75) is 38.3 Å². The predicted octanol–water partition coefficient (Wildman–Crippen LogP) is 1.55. The van der Waals surface area contributed by atoms with Crippen LogP contribution in [-0.4, -0.2) is 36.4 Å². The standard InChI is InChI=1S/C16H18O5/c1-9-11-5-3-4-6-12(20-11)15(9)16-13(19-10(2)17)7-8-14(18)21-16/h3-9,11-13,15-16H,1-2H3/t9-,11-,12+,13-,15-,16+/m1/s1. The Morgan fingerprint density at radius 2 is 1.90 bits per heavy atom. The van der Waals surface area contributed by atoms with E-state index in [4.69, 9.17) is 14.2 Å². The summed E-state index contributed by atoms with van der Waals surface area (Å²) in [4.78, 5) is 22.9. The molecule has 1 saturated heterocycles. The van der Waals surface area contributed by atoms with Gasteiger partial charge in [-0.2, -0.15) is 0 Å². The molecule has 3 heterocycles. The molecule has 2 bridgehead atoms. The van der Waals surface area contributed by atoms with Gasteiger partial charge in [-0.15, -0.1) is 0 Å². The predicted molar refractivity (Wildman–Crippen MR) is 74.2 cm³/mol. The Balaban J connectivity index is 1.88. The number of rotatable bonds is 2. The SMILES string of the molecule is CC(=O)O[C@@H]1C=CC(=O)O[C@@H]1[C@@H]1[C@H](C)[C@H]2C=CC=C[C@@H]1O2. The van der Waals surface area contributed by atoms with Crippen molar-refractivity contribution >= 4 is 11.9 Å². The summed E-state index contributed by atoms with van der Waals surface area (Å²) in [5.41, 5.74) is 0. The zero-order valence-electron chi connectivity index (χ0n) is 12.0. The van der Waals surface area contributed by atoms with Gasteiger partial charge in [-0.3, -0.25) is 4.79 Å². The topological polar surface area (TPSA) is 61.8 Å². The third-order valence-electron chi connectivity index (χ3n) is 4.21. The molecular formula is C16H18O5. The summed E-state index contributed by atoms with van der Waals surface area (Å²) in [6.07, 6.45) is 9.52. The first-order chi connectivity index (χ1) is 10.1. The molecule has 0 aromatic carbocycles. The van der Waals surface area contributed by atoms with E-state index in [1.807, 2.05) is 24.3 Å². The lowest BCUT2D eigenvalue weighted by atomic mass is 9.80. The zero-order chi connectivity index (χ0) is 15.0. The molecule has 21 heavy (non-hydrogen) atoms. The molecule has 0 aromatic heterocycles. The Labute approximate surface area is 123 Å². The van der Waals surface area contributed by atoms with Crippen molar-refractivity contribution in [2.24, 2.45) is 11.8 Å². The van der Waals surface area contributed by atoms with Crippen molar-refractivity contribution in [3.8, 4) is 0 Å². The fourth-order valence-electron chi connectivity index (χ4n) is 3.26. The van der Waals surface area contributed by atoms with Gasteiger partial charge in [0.1, 0.15) is 6.10 Å². The Morgan fingerprint density at radius 3 is 2.62 bits per heavy atom. The van der Waals surface area contributed by atoms with Crippen LogP contribution in [0.5, 0.6) is 0 Å². The lowest BCUT2D eigenvalue weighted by Gasteiger charge is -2.34. The fraction of sp³-hybridized carbons (Fsp3) is 0.500. The average Bonchev–Trinajstić information content (AvgIpc) is 2.61. The molecule has 0 saturated carbocycles. The van der Waals surface area contributed by atoms with Gasteiger partial charge in [0.05, 0.1) is 12.2 Å². The number of esters is 2. The molecule has 6 atom stereocenters. The highest BCUT2D eigenvalue weighted by molar-refractivity contribution is 5.83. The molecule has 3 aliphatic rings. The quantitative estimate of drug-likeness (QED) is 0.722. The van der Waals surface area contributed by atoms with Crippen LogP contribution in [0, 0.1) is 11.8 Å². The van der Waals surface area contributed by atoms with Crippen LogP contribution in [0.4, 0.5) is 0 Å². The molecule has 0 aromatic rings. The monoisotopic (exact) mass is 290 g/mol. The summed E-state index contributed by atoms with van der Waals surface area (Å²) >= 11 is 0. The van der Waals surface area contributed by atoms with Gasteiger partial charge >= 0.3 is 11.9 Å². The number of ether oxygens (including phenoxy) is 3. The molecular weight excluding hydrogens is 272 g/mol. The Hall–Kier alpha value is -1.88. The number of hydrogen-bond acceptors (Lipinski definition) is 5. The first kappa shape index (κ1) is 14.1. The number of carbonyl (C=O) groups excluding carboxylic acids is 2. The van der Waals surface area contributed by atoms with Gasteiger partial charge in [0, 0.05) is 18.9 Å². The molecule has 112 valence electrons. The minimum absolute atomic E-state index is 0.0161. The molecule has 0 radical (unpaired) electrons. The maximum atomic E-state index is 11.6. The van der Waals surface area contributed by atoms with E-state index >= 15 is 0 Å².